The number of sulfonamides is 1. The molecule has 1 rings (SSSR count). The summed E-state index contributed by atoms with van der Waals surface area (Å²) in [5.74, 6) is 0. The molecule has 0 fully saturated rings. The number of unbranched alkanes of at least 4 members (excludes halogenated alkanes) is 2. The van der Waals surface area contributed by atoms with Gasteiger partial charge < -0.3 is 5.32 Å². The van der Waals surface area contributed by atoms with Crippen molar-refractivity contribution in [3.63, 3.8) is 0 Å². The van der Waals surface area contributed by atoms with E-state index in [1.54, 1.807) is 18.2 Å². The average Bonchev–Trinajstić information content (AvgIpc) is 2.35. The number of rotatable bonds is 6. The van der Waals surface area contributed by atoms with Crippen LogP contribution < -0.4 is 10.0 Å². The lowest BCUT2D eigenvalue weighted by molar-refractivity contribution is 0.245. The van der Waals surface area contributed by atoms with Gasteiger partial charge in [-0.05, 0) is 18.6 Å². The third-order valence-electron chi connectivity index (χ3n) is 2.35. The molecule has 0 bridgehead atoms. The summed E-state index contributed by atoms with van der Waals surface area (Å²) in [4.78, 5) is 11.5. The summed E-state index contributed by atoms with van der Waals surface area (Å²) in [7, 11) is -3.76. The SMILES string of the molecule is CCCCCNC(=O)NS(=O)(=O)c1ccccc1. The summed E-state index contributed by atoms with van der Waals surface area (Å²) < 4.78 is 25.5. The highest BCUT2D eigenvalue weighted by molar-refractivity contribution is 7.90. The van der Waals surface area contributed by atoms with Gasteiger partial charge in [-0.3, -0.25) is 0 Å². The Morgan fingerprint density at radius 3 is 2.44 bits per heavy atom. The van der Waals surface area contributed by atoms with E-state index in [-0.39, 0.29) is 4.90 Å². The number of benzene rings is 1. The fourth-order valence-corrected chi connectivity index (χ4v) is 2.34. The maximum atomic E-state index is 11.8. The van der Waals surface area contributed by atoms with Crippen LogP contribution in [-0.2, 0) is 10.0 Å². The molecule has 100 valence electrons. The first-order valence-electron chi connectivity index (χ1n) is 5.92. The Kier molecular flexibility index (Phi) is 5.64. The smallest absolute Gasteiger partial charge is 0.328 e. The molecule has 1 aromatic rings. The third-order valence-corrected chi connectivity index (χ3v) is 3.69. The molecule has 0 atom stereocenters. The fraction of sp³-hybridized carbons (Fsp3) is 0.417. The van der Waals surface area contributed by atoms with E-state index >= 15 is 0 Å². The maximum Gasteiger partial charge on any atom is 0.328 e. The van der Waals surface area contributed by atoms with Crippen molar-refractivity contribution in [3.05, 3.63) is 30.3 Å². The molecular weight excluding hydrogens is 252 g/mol. The largest absolute Gasteiger partial charge is 0.337 e. The highest BCUT2D eigenvalue weighted by Gasteiger charge is 2.16. The van der Waals surface area contributed by atoms with Gasteiger partial charge in [0.15, 0.2) is 0 Å². The van der Waals surface area contributed by atoms with Crippen molar-refractivity contribution in [2.24, 2.45) is 0 Å². The summed E-state index contributed by atoms with van der Waals surface area (Å²) in [5.41, 5.74) is 0. The van der Waals surface area contributed by atoms with E-state index in [1.165, 1.54) is 12.1 Å². The summed E-state index contributed by atoms with van der Waals surface area (Å²) in [5, 5.41) is 2.51. The number of amides is 2. The molecule has 0 aliphatic rings. The van der Waals surface area contributed by atoms with E-state index in [2.05, 4.69) is 12.2 Å². The number of hydrogen-bond donors (Lipinski definition) is 2. The van der Waals surface area contributed by atoms with Gasteiger partial charge in [0.1, 0.15) is 0 Å². The van der Waals surface area contributed by atoms with Gasteiger partial charge in [-0.2, -0.15) is 0 Å². The summed E-state index contributed by atoms with van der Waals surface area (Å²) in [6.07, 6.45) is 2.90. The zero-order valence-corrected chi connectivity index (χ0v) is 11.2. The molecule has 5 nitrogen and oxygen atoms in total. The van der Waals surface area contributed by atoms with Crippen molar-refractivity contribution in [1.82, 2.24) is 10.0 Å². The Hall–Kier alpha value is -1.56. The Labute approximate surface area is 108 Å². The zero-order valence-electron chi connectivity index (χ0n) is 10.3. The maximum absolute atomic E-state index is 11.8. The quantitative estimate of drug-likeness (QED) is 0.775. The van der Waals surface area contributed by atoms with Crippen molar-refractivity contribution in [3.8, 4) is 0 Å². The van der Waals surface area contributed by atoms with E-state index in [0.29, 0.717) is 6.54 Å². The average molecular weight is 270 g/mol. The molecule has 0 spiro atoms. The van der Waals surface area contributed by atoms with Crippen LogP contribution in [0.25, 0.3) is 0 Å². The Balaban J connectivity index is 2.49. The van der Waals surface area contributed by atoms with Crippen LogP contribution in [0.15, 0.2) is 35.2 Å². The highest BCUT2D eigenvalue weighted by Crippen LogP contribution is 2.06. The number of nitrogens with one attached hydrogen (secondary N) is 2. The first kappa shape index (κ1) is 14.5. The molecule has 2 amide bonds. The minimum absolute atomic E-state index is 0.0775. The second kappa shape index (κ2) is 7.00. The number of urea groups is 1. The van der Waals surface area contributed by atoms with Crippen LogP contribution in [-0.4, -0.2) is 21.0 Å². The predicted molar refractivity (Wildman–Crippen MR) is 69.7 cm³/mol. The lowest BCUT2D eigenvalue weighted by Gasteiger charge is -2.08. The zero-order chi connectivity index (χ0) is 13.4. The van der Waals surface area contributed by atoms with Crippen LogP contribution in [0.1, 0.15) is 26.2 Å². The lowest BCUT2D eigenvalue weighted by Crippen LogP contribution is -2.39. The van der Waals surface area contributed by atoms with Crippen molar-refractivity contribution in [1.29, 1.82) is 0 Å². The fourth-order valence-electron chi connectivity index (χ4n) is 1.39. The molecule has 0 saturated carbocycles. The standard InChI is InChI=1S/C12H18N2O3S/c1-2-3-7-10-13-12(15)14-18(16,17)11-8-5-4-6-9-11/h4-6,8-9H,2-3,7,10H2,1H3,(H2,13,14,15). The van der Waals surface area contributed by atoms with E-state index < -0.39 is 16.1 Å². The molecule has 0 unspecified atom stereocenters. The Morgan fingerprint density at radius 2 is 1.83 bits per heavy atom. The first-order valence-corrected chi connectivity index (χ1v) is 7.40. The van der Waals surface area contributed by atoms with Crippen LogP contribution in [0, 0.1) is 0 Å². The van der Waals surface area contributed by atoms with E-state index in [0.717, 1.165) is 19.3 Å². The molecule has 0 aromatic heterocycles. The molecular formula is C12H18N2O3S. The van der Waals surface area contributed by atoms with Crippen LogP contribution >= 0.6 is 0 Å². The number of hydrogen-bond acceptors (Lipinski definition) is 3. The molecule has 2 N–H and O–H groups in total. The predicted octanol–water partition coefficient (Wildman–Crippen LogP) is 1.86. The van der Waals surface area contributed by atoms with E-state index in [1.807, 2.05) is 4.72 Å². The van der Waals surface area contributed by atoms with Gasteiger partial charge in [0.25, 0.3) is 10.0 Å². The second-order valence-corrected chi connectivity index (χ2v) is 5.56. The summed E-state index contributed by atoms with van der Waals surface area (Å²) in [6, 6.07) is 7.11. The molecule has 0 aliphatic carbocycles. The van der Waals surface area contributed by atoms with Crippen molar-refractivity contribution in [2.45, 2.75) is 31.1 Å². The monoisotopic (exact) mass is 270 g/mol. The van der Waals surface area contributed by atoms with Gasteiger partial charge in [0.2, 0.25) is 0 Å². The molecule has 0 radical (unpaired) electrons. The minimum atomic E-state index is -3.76. The molecule has 6 heteroatoms. The second-order valence-electron chi connectivity index (χ2n) is 3.88. The highest BCUT2D eigenvalue weighted by atomic mass is 32.2. The summed E-state index contributed by atoms with van der Waals surface area (Å²) in [6.45, 7) is 2.53. The third kappa shape index (κ3) is 4.75. The molecule has 1 aromatic carbocycles. The molecule has 18 heavy (non-hydrogen) atoms. The molecule has 0 saturated heterocycles. The summed E-state index contributed by atoms with van der Waals surface area (Å²) >= 11 is 0. The Morgan fingerprint density at radius 1 is 1.17 bits per heavy atom. The van der Waals surface area contributed by atoms with Gasteiger partial charge in [-0.1, -0.05) is 38.0 Å². The van der Waals surface area contributed by atoms with Crippen LogP contribution in [0.2, 0.25) is 0 Å². The van der Waals surface area contributed by atoms with Gasteiger partial charge in [0.05, 0.1) is 4.90 Å². The van der Waals surface area contributed by atoms with Gasteiger partial charge >= 0.3 is 6.03 Å². The number of carbonyl (C=O) groups excluding carboxylic acids is 1. The van der Waals surface area contributed by atoms with E-state index in [9.17, 15) is 13.2 Å². The first-order chi connectivity index (χ1) is 8.56. The van der Waals surface area contributed by atoms with E-state index in [4.69, 9.17) is 0 Å². The van der Waals surface area contributed by atoms with Crippen LogP contribution in [0.5, 0.6) is 0 Å². The van der Waals surface area contributed by atoms with Crippen molar-refractivity contribution < 1.29 is 13.2 Å². The van der Waals surface area contributed by atoms with Crippen LogP contribution in [0.4, 0.5) is 4.79 Å². The Bertz CT molecular complexity index is 471. The van der Waals surface area contributed by atoms with Gasteiger partial charge in [0, 0.05) is 6.54 Å². The van der Waals surface area contributed by atoms with Gasteiger partial charge in [-0.15, -0.1) is 0 Å². The normalized spacial score (nSPS) is 10.9. The number of carbonyl (C=O) groups is 1. The van der Waals surface area contributed by atoms with Crippen molar-refractivity contribution in [2.75, 3.05) is 6.54 Å². The molecule has 0 aliphatic heterocycles. The van der Waals surface area contributed by atoms with Crippen LogP contribution in [0.3, 0.4) is 0 Å². The topological polar surface area (TPSA) is 75.3 Å². The lowest BCUT2D eigenvalue weighted by atomic mass is 10.2. The minimum Gasteiger partial charge on any atom is -0.337 e. The molecule has 0 heterocycles. The van der Waals surface area contributed by atoms with Crippen molar-refractivity contribution >= 4 is 16.1 Å². The van der Waals surface area contributed by atoms with Gasteiger partial charge in [-0.25, -0.2) is 17.9 Å².